The lowest BCUT2D eigenvalue weighted by atomic mass is 10.1. The van der Waals surface area contributed by atoms with E-state index in [9.17, 15) is 0 Å². The van der Waals surface area contributed by atoms with Crippen LogP contribution in [0.25, 0.3) is 0 Å². The molecule has 2 aromatic carbocycles. The Bertz CT molecular complexity index is 586. The molecule has 0 amide bonds. The zero-order chi connectivity index (χ0) is 14.5. The molecule has 0 aromatic heterocycles. The first-order chi connectivity index (χ1) is 9.56. The summed E-state index contributed by atoms with van der Waals surface area (Å²) in [6.45, 7) is 2.02. The topological polar surface area (TPSA) is 26.0 Å². The third-order valence-electron chi connectivity index (χ3n) is 2.92. The Morgan fingerprint density at radius 2 is 1.95 bits per heavy atom. The minimum Gasteiger partial charge on any atom is -0.328 e. The van der Waals surface area contributed by atoms with Crippen molar-refractivity contribution < 1.29 is 0 Å². The van der Waals surface area contributed by atoms with Crippen molar-refractivity contribution in [3.8, 4) is 0 Å². The summed E-state index contributed by atoms with van der Waals surface area (Å²) in [6.07, 6.45) is 0.885. The van der Waals surface area contributed by atoms with Crippen LogP contribution in [-0.4, -0.2) is 6.04 Å². The Morgan fingerprint density at radius 1 is 1.20 bits per heavy atom. The molecular formula is C16H17BrClNS. The Hall–Kier alpha value is -0.480. The van der Waals surface area contributed by atoms with Gasteiger partial charge in [-0.1, -0.05) is 51.8 Å². The molecule has 2 aromatic rings. The van der Waals surface area contributed by atoms with E-state index in [1.807, 2.05) is 25.1 Å². The number of rotatable bonds is 5. The fourth-order valence-corrected chi connectivity index (χ4v) is 3.82. The normalized spacial score (nSPS) is 12.4. The van der Waals surface area contributed by atoms with Gasteiger partial charge in [0.1, 0.15) is 0 Å². The van der Waals surface area contributed by atoms with Gasteiger partial charge in [-0.25, -0.2) is 0 Å². The van der Waals surface area contributed by atoms with Crippen LogP contribution in [0.2, 0.25) is 5.02 Å². The number of halogens is 2. The maximum absolute atomic E-state index is 6.17. The van der Waals surface area contributed by atoms with Gasteiger partial charge in [0.05, 0.1) is 0 Å². The molecule has 0 radical (unpaired) electrons. The average Bonchev–Trinajstić information content (AvgIpc) is 2.40. The van der Waals surface area contributed by atoms with Crippen LogP contribution in [0, 0.1) is 0 Å². The Kier molecular flexibility index (Phi) is 5.97. The molecule has 0 spiro atoms. The van der Waals surface area contributed by atoms with Crippen LogP contribution in [-0.2, 0) is 12.2 Å². The summed E-state index contributed by atoms with van der Waals surface area (Å²) in [4.78, 5) is 1.23. The van der Waals surface area contributed by atoms with Gasteiger partial charge in [-0.15, -0.1) is 11.8 Å². The van der Waals surface area contributed by atoms with Gasteiger partial charge < -0.3 is 5.73 Å². The van der Waals surface area contributed by atoms with Crippen molar-refractivity contribution in [1.82, 2.24) is 0 Å². The molecule has 2 rings (SSSR count). The van der Waals surface area contributed by atoms with Gasteiger partial charge in [-0.2, -0.15) is 0 Å². The minimum absolute atomic E-state index is 0.174. The fourth-order valence-electron chi connectivity index (χ4n) is 1.91. The van der Waals surface area contributed by atoms with Gasteiger partial charge in [0.25, 0.3) is 0 Å². The van der Waals surface area contributed by atoms with Gasteiger partial charge >= 0.3 is 0 Å². The molecule has 1 unspecified atom stereocenters. The monoisotopic (exact) mass is 369 g/mol. The largest absolute Gasteiger partial charge is 0.328 e. The molecule has 106 valence electrons. The van der Waals surface area contributed by atoms with Gasteiger partial charge in [0.15, 0.2) is 0 Å². The molecule has 0 aliphatic rings. The second kappa shape index (κ2) is 7.51. The van der Waals surface area contributed by atoms with Gasteiger partial charge in [-0.05, 0) is 42.7 Å². The fraction of sp³-hybridized carbons (Fsp3) is 0.250. The summed E-state index contributed by atoms with van der Waals surface area (Å²) in [5.41, 5.74) is 8.26. The lowest BCUT2D eigenvalue weighted by molar-refractivity contribution is 0.735. The number of nitrogens with two attached hydrogens (primary N) is 1. The minimum atomic E-state index is 0.174. The van der Waals surface area contributed by atoms with Gasteiger partial charge in [0.2, 0.25) is 0 Å². The van der Waals surface area contributed by atoms with E-state index in [0.717, 1.165) is 27.2 Å². The van der Waals surface area contributed by atoms with E-state index in [0.29, 0.717) is 0 Å². The maximum Gasteiger partial charge on any atom is 0.0446 e. The molecule has 20 heavy (non-hydrogen) atoms. The third-order valence-corrected chi connectivity index (χ3v) is 5.07. The van der Waals surface area contributed by atoms with Crippen molar-refractivity contribution in [3.05, 3.63) is 63.1 Å². The molecule has 0 saturated carbocycles. The molecule has 1 nitrogen and oxygen atoms in total. The number of thioether (sulfide) groups is 1. The van der Waals surface area contributed by atoms with Crippen molar-refractivity contribution in [1.29, 1.82) is 0 Å². The maximum atomic E-state index is 6.17. The smallest absolute Gasteiger partial charge is 0.0446 e. The standard InChI is InChI=1S/C16H17BrClNS/c1-11(19)8-12-6-7-14(9-15(12)17)20-10-13-4-2-3-5-16(13)18/h2-7,9,11H,8,10,19H2,1H3. The SMILES string of the molecule is CC(N)Cc1ccc(SCc2ccccc2Cl)cc1Br. The van der Waals surface area contributed by atoms with E-state index in [1.165, 1.54) is 10.5 Å². The summed E-state index contributed by atoms with van der Waals surface area (Å²) in [5, 5.41) is 0.827. The zero-order valence-corrected chi connectivity index (χ0v) is 14.4. The van der Waals surface area contributed by atoms with E-state index in [4.69, 9.17) is 17.3 Å². The van der Waals surface area contributed by atoms with Crippen LogP contribution >= 0.6 is 39.3 Å². The summed E-state index contributed by atoms with van der Waals surface area (Å²) in [6, 6.07) is 14.6. The summed E-state index contributed by atoms with van der Waals surface area (Å²) in [7, 11) is 0. The van der Waals surface area contributed by atoms with Crippen molar-refractivity contribution >= 4 is 39.3 Å². The Balaban J connectivity index is 2.04. The Morgan fingerprint density at radius 3 is 2.60 bits per heavy atom. The number of hydrogen-bond donors (Lipinski definition) is 1. The predicted octanol–water partition coefficient (Wildman–Crippen LogP) is 5.28. The van der Waals surface area contributed by atoms with E-state index in [1.54, 1.807) is 11.8 Å². The van der Waals surface area contributed by atoms with Crippen LogP contribution < -0.4 is 5.73 Å². The van der Waals surface area contributed by atoms with E-state index in [2.05, 4.69) is 40.2 Å². The number of hydrogen-bond acceptors (Lipinski definition) is 2. The highest BCUT2D eigenvalue weighted by Gasteiger charge is 2.06. The average molecular weight is 371 g/mol. The quantitative estimate of drug-likeness (QED) is 0.724. The van der Waals surface area contributed by atoms with Crippen molar-refractivity contribution in [2.45, 2.75) is 30.0 Å². The van der Waals surface area contributed by atoms with E-state index >= 15 is 0 Å². The summed E-state index contributed by atoms with van der Waals surface area (Å²) < 4.78 is 1.12. The van der Waals surface area contributed by atoms with E-state index in [-0.39, 0.29) is 6.04 Å². The molecule has 4 heteroatoms. The first-order valence-electron chi connectivity index (χ1n) is 6.46. The number of benzene rings is 2. The van der Waals surface area contributed by atoms with Gasteiger partial charge in [-0.3, -0.25) is 0 Å². The Labute approximate surface area is 138 Å². The highest BCUT2D eigenvalue weighted by atomic mass is 79.9. The highest BCUT2D eigenvalue weighted by molar-refractivity contribution is 9.10. The van der Waals surface area contributed by atoms with Gasteiger partial charge in [0, 0.05) is 26.2 Å². The van der Waals surface area contributed by atoms with Crippen molar-refractivity contribution in [2.75, 3.05) is 0 Å². The first-order valence-corrected chi connectivity index (χ1v) is 8.62. The van der Waals surface area contributed by atoms with Crippen LogP contribution in [0.3, 0.4) is 0 Å². The molecule has 0 bridgehead atoms. The molecule has 0 aliphatic heterocycles. The molecular weight excluding hydrogens is 354 g/mol. The molecule has 0 aliphatic carbocycles. The van der Waals surface area contributed by atoms with Crippen LogP contribution in [0.1, 0.15) is 18.1 Å². The van der Waals surface area contributed by atoms with Crippen molar-refractivity contribution in [3.63, 3.8) is 0 Å². The molecule has 0 saturated heterocycles. The molecule has 2 N–H and O–H groups in total. The van der Waals surface area contributed by atoms with Crippen molar-refractivity contribution in [2.24, 2.45) is 5.73 Å². The lowest BCUT2D eigenvalue weighted by Gasteiger charge is -2.10. The van der Waals surface area contributed by atoms with E-state index < -0.39 is 0 Å². The predicted molar refractivity (Wildman–Crippen MR) is 92.5 cm³/mol. The highest BCUT2D eigenvalue weighted by Crippen LogP contribution is 2.30. The zero-order valence-electron chi connectivity index (χ0n) is 11.3. The first kappa shape index (κ1) is 15.9. The van der Waals surface area contributed by atoms with Crippen LogP contribution in [0.4, 0.5) is 0 Å². The third kappa shape index (κ3) is 4.52. The van der Waals surface area contributed by atoms with Crippen LogP contribution in [0.15, 0.2) is 51.8 Å². The lowest BCUT2D eigenvalue weighted by Crippen LogP contribution is -2.17. The molecule has 1 atom stereocenters. The summed E-state index contributed by atoms with van der Waals surface area (Å²) >= 11 is 11.6. The second-order valence-corrected chi connectivity index (χ2v) is 7.13. The molecule has 0 fully saturated rings. The summed E-state index contributed by atoms with van der Waals surface area (Å²) in [5.74, 6) is 0.874. The second-order valence-electron chi connectivity index (χ2n) is 4.81. The molecule has 0 heterocycles. The van der Waals surface area contributed by atoms with Crippen LogP contribution in [0.5, 0.6) is 0 Å².